The van der Waals surface area contributed by atoms with Crippen molar-refractivity contribution >= 4 is 28.0 Å². The van der Waals surface area contributed by atoms with Gasteiger partial charge in [0.25, 0.3) is 11.5 Å². The molecule has 196 valence electrons. The van der Waals surface area contributed by atoms with Crippen LogP contribution in [-0.2, 0) is 7.05 Å². The maximum Gasteiger partial charge on any atom is 0.264 e. The SMILES string of the molecule is C[C@H](NC(=O)c1c(N)nn2ncccc12)c1cc2cccc(C#Cc3cnn(C)c3)c2c(=O)n1-c1ccccc1. The van der Waals surface area contributed by atoms with Crippen molar-refractivity contribution in [2.24, 2.45) is 7.05 Å². The number of para-hydroxylation sites is 1. The minimum absolute atomic E-state index is 0.0687. The number of hydrogen-bond acceptors (Lipinski definition) is 6. The first-order valence-corrected chi connectivity index (χ1v) is 12.6. The Labute approximate surface area is 228 Å². The molecule has 0 aliphatic heterocycles. The van der Waals surface area contributed by atoms with Crippen molar-refractivity contribution in [3.8, 4) is 17.5 Å². The zero-order chi connectivity index (χ0) is 27.8. The van der Waals surface area contributed by atoms with Crippen LogP contribution in [0.15, 0.2) is 90.1 Å². The molecule has 0 fully saturated rings. The third kappa shape index (κ3) is 4.35. The van der Waals surface area contributed by atoms with Crippen molar-refractivity contribution in [1.82, 2.24) is 34.5 Å². The number of nitrogens with two attached hydrogens (primary N) is 1. The predicted octanol–water partition coefficient (Wildman–Crippen LogP) is 3.24. The molecule has 6 rings (SSSR count). The lowest BCUT2D eigenvalue weighted by Crippen LogP contribution is -2.32. The van der Waals surface area contributed by atoms with Gasteiger partial charge < -0.3 is 11.1 Å². The summed E-state index contributed by atoms with van der Waals surface area (Å²) in [5.74, 6) is 5.89. The molecule has 2 aromatic carbocycles. The van der Waals surface area contributed by atoms with E-state index in [2.05, 4.69) is 32.5 Å². The maximum absolute atomic E-state index is 14.2. The van der Waals surface area contributed by atoms with E-state index in [9.17, 15) is 9.59 Å². The minimum Gasteiger partial charge on any atom is -0.381 e. The number of aryl methyl sites for hydroxylation is 1. The molecule has 40 heavy (non-hydrogen) atoms. The van der Waals surface area contributed by atoms with Crippen molar-refractivity contribution in [2.75, 3.05) is 5.73 Å². The number of carbonyl (C=O) groups is 1. The van der Waals surface area contributed by atoms with Crippen molar-refractivity contribution in [3.05, 3.63) is 118 Å². The molecular weight excluding hydrogens is 504 g/mol. The van der Waals surface area contributed by atoms with Gasteiger partial charge in [0, 0.05) is 36.4 Å². The molecule has 0 aliphatic carbocycles. The van der Waals surface area contributed by atoms with Gasteiger partial charge in [0.1, 0.15) is 11.1 Å². The lowest BCUT2D eigenvalue weighted by molar-refractivity contribution is 0.0941. The van der Waals surface area contributed by atoms with Crippen LogP contribution in [0.2, 0.25) is 0 Å². The molecule has 10 nitrogen and oxygen atoms in total. The standard InChI is InChI=1S/C30H24N8O2/c1-19(34-29(39)27-24-12-7-15-32-38(24)35-28(27)31)25-16-22-9-6-8-21(14-13-20-17-33-36(2)18-20)26(22)30(40)37(25)23-10-4-3-5-11-23/h3-12,15-19H,1-2H3,(H2,31,35)(H,34,39)/t19-/m0/s1. The average molecular weight is 529 g/mol. The number of carbonyl (C=O) groups excluding carboxylic acids is 1. The summed E-state index contributed by atoms with van der Waals surface area (Å²) in [6, 6.07) is 19.6. The van der Waals surface area contributed by atoms with Crippen LogP contribution in [0.1, 0.15) is 40.1 Å². The van der Waals surface area contributed by atoms with Gasteiger partial charge in [-0.25, -0.2) is 0 Å². The monoisotopic (exact) mass is 528 g/mol. The number of rotatable bonds is 4. The van der Waals surface area contributed by atoms with E-state index in [-0.39, 0.29) is 16.9 Å². The van der Waals surface area contributed by atoms with Gasteiger partial charge in [-0.3, -0.25) is 18.8 Å². The normalized spacial score (nSPS) is 11.8. The molecular formula is C30H24N8O2. The van der Waals surface area contributed by atoms with Gasteiger partial charge in [0.05, 0.1) is 23.2 Å². The first-order chi connectivity index (χ1) is 19.4. The Bertz CT molecular complexity index is 2030. The Morgan fingerprint density at radius 3 is 2.62 bits per heavy atom. The maximum atomic E-state index is 14.2. The van der Waals surface area contributed by atoms with Crippen LogP contribution >= 0.6 is 0 Å². The molecule has 0 spiro atoms. The molecule has 0 bridgehead atoms. The van der Waals surface area contributed by atoms with Gasteiger partial charge >= 0.3 is 0 Å². The number of hydrogen-bond donors (Lipinski definition) is 2. The van der Waals surface area contributed by atoms with E-state index in [1.165, 1.54) is 4.63 Å². The van der Waals surface area contributed by atoms with E-state index in [0.717, 1.165) is 5.56 Å². The Hall–Kier alpha value is -5.69. The quantitative estimate of drug-likeness (QED) is 0.339. The van der Waals surface area contributed by atoms with Gasteiger partial charge in [-0.05, 0) is 48.7 Å². The first kappa shape index (κ1) is 24.6. The molecule has 0 saturated carbocycles. The highest BCUT2D eigenvalue weighted by Gasteiger charge is 2.23. The minimum atomic E-state index is -0.569. The number of benzene rings is 2. The third-order valence-electron chi connectivity index (χ3n) is 6.60. The number of aromatic nitrogens is 6. The first-order valence-electron chi connectivity index (χ1n) is 12.6. The molecule has 3 N–H and O–H groups in total. The van der Waals surface area contributed by atoms with E-state index in [1.54, 1.807) is 33.8 Å². The van der Waals surface area contributed by atoms with Gasteiger partial charge in [0.2, 0.25) is 0 Å². The second-order valence-corrected chi connectivity index (χ2v) is 9.32. The molecule has 1 atom stereocenters. The van der Waals surface area contributed by atoms with E-state index in [1.807, 2.05) is 74.8 Å². The molecule has 0 unspecified atom stereocenters. The zero-order valence-corrected chi connectivity index (χ0v) is 21.7. The topological polar surface area (TPSA) is 125 Å². The highest BCUT2D eigenvalue weighted by atomic mass is 16.2. The van der Waals surface area contributed by atoms with Crippen molar-refractivity contribution < 1.29 is 4.79 Å². The second kappa shape index (κ2) is 9.89. The molecule has 10 heteroatoms. The molecule has 0 radical (unpaired) electrons. The van der Waals surface area contributed by atoms with Crippen molar-refractivity contribution in [3.63, 3.8) is 0 Å². The van der Waals surface area contributed by atoms with Crippen LogP contribution in [-0.4, -0.2) is 35.1 Å². The smallest absolute Gasteiger partial charge is 0.264 e. The van der Waals surface area contributed by atoms with Crippen LogP contribution in [0.5, 0.6) is 0 Å². The van der Waals surface area contributed by atoms with Gasteiger partial charge in [-0.1, -0.05) is 42.2 Å². The molecule has 6 aromatic rings. The fourth-order valence-corrected chi connectivity index (χ4v) is 4.76. The summed E-state index contributed by atoms with van der Waals surface area (Å²) in [6.07, 6.45) is 5.05. The van der Waals surface area contributed by atoms with Gasteiger partial charge in [-0.15, -0.1) is 9.73 Å². The Balaban J connectivity index is 1.48. The number of amides is 1. The van der Waals surface area contributed by atoms with E-state index < -0.39 is 11.9 Å². The number of anilines is 1. The lowest BCUT2D eigenvalue weighted by atomic mass is 10.0. The fourth-order valence-electron chi connectivity index (χ4n) is 4.76. The Morgan fingerprint density at radius 2 is 1.85 bits per heavy atom. The van der Waals surface area contributed by atoms with Crippen LogP contribution < -0.4 is 16.6 Å². The van der Waals surface area contributed by atoms with Gasteiger partial charge in [0.15, 0.2) is 5.82 Å². The third-order valence-corrected chi connectivity index (χ3v) is 6.60. The molecule has 0 aliphatic rings. The Morgan fingerprint density at radius 1 is 1.02 bits per heavy atom. The zero-order valence-electron chi connectivity index (χ0n) is 21.7. The molecule has 4 heterocycles. The van der Waals surface area contributed by atoms with Crippen molar-refractivity contribution in [2.45, 2.75) is 13.0 Å². The summed E-state index contributed by atoms with van der Waals surface area (Å²) in [5, 5.41) is 16.6. The molecule has 1 amide bonds. The summed E-state index contributed by atoms with van der Waals surface area (Å²) in [5.41, 5.74) is 9.16. The summed E-state index contributed by atoms with van der Waals surface area (Å²) in [4.78, 5) is 27.6. The number of nitrogens with one attached hydrogen (secondary N) is 1. The highest BCUT2D eigenvalue weighted by Crippen LogP contribution is 2.24. The van der Waals surface area contributed by atoms with E-state index >= 15 is 0 Å². The molecule has 0 saturated heterocycles. The highest BCUT2D eigenvalue weighted by molar-refractivity contribution is 6.05. The summed E-state index contributed by atoms with van der Waals surface area (Å²) < 4.78 is 4.61. The predicted molar refractivity (Wildman–Crippen MR) is 152 cm³/mol. The van der Waals surface area contributed by atoms with E-state index in [4.69, 9.17) is 5.73 Å². The molecule has 4 aromatic heterocycles. The summed E-state index contributed by atoms with van der Waals surface area (Å²) in [7, 11) is 1.82. The summed E-state index contributed by atoms with van der Waals surface area (Å²) in [6.45, 7) is 1.82. The number of fused-ring (bicyclic) bond motifs is 2. The van der Waals surface area contributed by atoms with Gasteiger partial charge in [-0.2, -0.15) is 10.2 Å². The van der Waals surface area contributed by atoms with Crippen LogP contribution in [0.25, 0.3) is 22.0 Å². The van der Waals surface area contributed by atoms with Crippen LogP contribution in [0, 0.1) is 11.8 Å². The Kier molecular flexibility index (Phi) is 6.09. The number of nitrogens with zero attached hydrogens (tertiary/aromatic N) is 6. The van der Waals surface area contributed by atoms with Crippen molar-refractivity contribution in [1.29, 1.82) is 0 Å². The number of nitrogen functional groups attached to an aromatic ring is 1. The number of pyridine rings is 1. The van der Waals surface area contributed by atoms with Crippen LogP contribution in [0.4, 0.5) is 5.82 Å². The second-order valence-electron chi connectivity index (χ2n) is 9.32. The summed E-state index contributed by atoms with van der Waals surface area (Å²) >= 11 is 0. The lowest BCUT2D eigenvalue weighted by Gasteiger charge is -2.21. The average Bonchev–Trinajstić information content (AvgIpc) is 3.53. The fraction of sp³-hybridized carbons (Fsp3) is 0.100. The largest absolute Gasteiger partial charge is 0.381 e. The van der Waals surface area contributed by atoms with Crippen LogP contribution in [0.3, 0.4) is 0 Å². The van der Waals surface area contributed by atoms with E-state index in [0.29, 0.717) is 33.2 Å².